The Morgan fingerprint density at radius 2 is 2.25 bits per heavy atom. The molecule has 1 N–H and O–H groups in total. The van der Waals surface area contributed by atoms with Gasteiger partial charge in [-0.1, -0.05) is 6.07 Å². The van der Waals surface area contributed by atoms with Gasteiger partial charge in [-0.3, -0.25) is 4.99 Å². The predicted molar refractivity (Wildman–Crippen MR) is 79.1 cm³/mol. The SMILES string of the molecule is CN(C)CCCOc1cccc(F)c1C1=NCCCN1. The predicted octanol–water partition coefficient (Wildman–Crippen LogP) is 1.90. The maximum Gasteiger partial charge on any atom is 0.137 e. The molecule has 1 aliphatic rings. The summed E-state index contributed by atoms with van der Waals surface area (Å²) in [6.07, 6.45) is 1.89. The lowest BCUT2D eigenvalue weighted by molar-refractivity contribution is 0.280. The second kappa shape index (κ2) is 7.24. The zero-order valence-corrected chi connectivity index (χ0v) is 12.2. The number of hydrogen-bond acceptors (Lipinski definition) is 4. The monoisotopic (exact) mass is 279 g/mol. The molecule has 4 nitrogen and oxygen atoms in total. The van der Waals surface area contributed by atoms with E-state index in [0.717, 1.165) is 32.5 Å². The van der Waals surface area contributed by atoms with Gasteiger partial charge in [-0.05, 0) is 39.1 Å². The molecule has 1 aliphatic heterocycles. The van der Waals surface area contributed by atoms with Crippen molar-refractivity contribution in [3.63, 3.8) is 0 Å². The van der Waals surface area contributed by atoms with Gasteiger partial charge < -0.3 is 15.0 Å². The number of amidine groups is 1. The van der Waals surface area contributed by atoms with Gasteiger partial charge in [0.1, 0.15) is 17.4 Å². The van der Waals surface area contributed by atoms with E-state index in [-0.39, 0.29) is 5.82 Å². The number of nitrogens with one attached hydrogen (secondary N) is 1. The summed E-state index contributed by atoms with van der Waals surface area (Å²) in [5, 5.41) is 3.15. The standard InChI is InChI=1S/C15H22FN3O/c1-19(2)10-5-11-20-13-7-3-6-12(16)14(13)15-17-8-4-9-18-15/h3,6-7H,4-5,8-11H2,1-2H3,(H,17,18). The van der Waals surface area contributed by atoms with Crippen LogP contribution >= 0.6 is 0 Å². The van der Waals surface area contributed by atoms with Crippen molar-refractivity contribution in [3.05, 3.63) is 29.6 Å². The van der Waals surface area contributed by atoms with Crippen LogP contribution in [-0.2, 0) is 0 Å². The number of nitrogens with zero attached hydrogens (tertiary/aromatic N) is 2. The van der Waals surface area contributed by atoms with E-state index < -0.39 is 0 Å². The van der Waals surface area contributed by atoms with Crippen molar-refractivity contribution in [3.8, 4) is 5.75 Å². The van der Waals surface area contributed by atoms with Crippen LogP contribution in [0, 0.1) is 5.82 Å². The molecule has 0 amide bonds. The molecule has 5 heteroatoms. The zero-order valence-electron chi connectivity index (χ0n) is 12.2. The molecule has 2 rings (SSSR count). The lowest BCUT2D eigenvalue weighted by Crippen LogP contribution is -2.31. The molecular formula is C15H22FN3O. The van der Waals surface area contributed by atoms with Crippen LogP contribution in [0.15, 0.2) is 23.2 Å². The zero-order chi connectivity index (χ0) is 14.4. The highest BCUT2D eigenvalue weighted by Crippen LogP contribution is 2.22. The maximum atomic E-state index is 14.1. The molecular weight excluding hydrogens is 257 g/mol. The molecule has 0 fully saturated rings. The molecule has 0 spiro atoms. The highest BCUT2D eigenvalue weighted by atomic mass is 19.1. The number of ether oxygens (including phenoxy) is 1. The van der Waals surface area contributed by atoms with Gasteiger partial charge in [0.25, 0.3) is 0 Å². The summed E-state index contributed by atoms with van der Waals surface area (Å²) in [6, 6.07) is 4.91. The van der Waals surface area contributed by atoms with Crippen LogP contribution < -0.4 is 10.1 Å². The Morgan fingerprint density at radius 1 is 1.40 bits per heavy atom. The molecule has 20 heavy (non-hydrogen) atoms. The first kappa shape index (κ1) is 14.8. The second-order valence-corrected chi connectivity index (χ2v) is 5.13. The molecule has 0 saturated heterocycles. The van der Waals surface area contributed by atoms with Gasteiger partial charge >= 0.3 is 0 Å². The number of aliphatic imine (C=N–C) groups is 1. The molecule has 0 bridgehead atoms. The summed E-state index contributed by atoms with van der Waals surface area (Å²) < 4.78 is 19.8. The van der Waals surface area contributed by atoms with Crippen molar-refractivity contribution < 1.29 is 9.13 Å². The topological polar surface area (TPSA) is 36.9 Å². The van der Waals surface area contributed by atoms with Gasteiger partial charge in [0.15, 0.2) is 0 Å². The van der Waals surface area contributed by atoms with Crippen LogP contribution in [0.1, 0.15) is 18.4 Å². The molecule has 1 heterocycles. The Labute approximate surface area is 119 Å². The highest BCUT2D eigenvalue weighted by Gasteiger charge is 2.17. The number of benzene rings is 1. The Kier molecular flexibility index (Phi) is 5.35. The number of rotatable bonds is 6. The summed E-state index contributed by atoms with van der Waals surface area (Å²) in [7, 11) is 4.04. The van der Waals surface area contributed by atoms with Crippen molar-refractivity contribution >= 4 is 5.84 Å². The van der Waals surface area contributed by atoms with Gasteiger partial charge in [0.2, 0.25) is 0 Å². The Bertz CT molecular complexity index is 474. The van der Waals surface area contributed by atoms with E-state index in [1.807, 2.05) is 14.1 Å². The summed E-state index contributed by atoms with van der Waals surface area (Å²) in [5.41, 5.74) is 0.456. The Hall–Kier alpha value is -1.62. The lowest BCUT2D eigenvalue weighted by atomic mass is 10.1. The van der Waals surface area contributed by atoms with Crippen LogP contribution in [0.4, 0.5) is 4.39 Å². The van der Waals surface area contributed by atoms with E-state index in [2.05, 4.69) is 15.2 Å². The van der Waals surface area contributed by atoms with Crippen LogP contribution in [0.2, 0.25) is 0 Å². The quantitative estimate of drug-likeness (QED) is 0.808. The fourth-order valence-corrected chi connectivity index (χ4v) is 2.12. The van der Waals surface area contributed by atoms with Crippen molar-refractivity contribution in [1.29, 1.82) is 0 Å². The Morgan fingerprint density at radius 3 is 2.95 bits per heavy atom. The molecule has 0 radical (unpaired) electrons. The van der Waals surface area contributed by atoms with Crippen LogP contribution in [0.5, 0.6) is 5.75 Å². The van der Waals surface area contributed by atoms with Gasteiger partial charge in [-0.15, -0.1) is 0 Å². The average molecular weight is 279 g/mol. The first-order valence-corrected chi connectivity index (χ1v) is 7.03. The van der Waals surface area contributed by atoms with E-state index in [1.54, 1.807) is 12.1 Å². The summed E-state index contributed by atoms with van der Waals surface area (Å²) in [4.78, 5) is 6.45. The molecule has 0 saturated carbocycles. The number of halogens is 1. The minimum Gasteiger partial charge on any atom is -0.493 e. The van der Waals surface area contributed by atoms with Crippen LogP contribution in [0.25, 0.3) is 0 Å². The first-order chi connectivity index (χ1) is 9.68. The molecule has 110 valence electrons. The van der Waals surface area contributed by atoms with Gasteiger partial charge in [0.05, 0.1) is 12.2 Å². The van der Waals surface area contributed by atoms with Crippen LogP contribution in [0.3, 0.4) is 0 Å². The van der Waals surface area contributed by atoms with E-state index in [1.165, 1.54) is 6.07 Å². The highest BCUT2D eigenvalue weighted by molar-refractivity contribution is 6.01. The third-order valence-corrected chi connectivity index (χ3v) is 3.12. The second-order valence-electron chi connectivity index (χ2n) is 5.13. The smallest absolute Gasteiger partial charge is 0.137 e. The minimum absolute atomic E-state index is 0.289. The minimum atomic E-state index is -0.289. The summed E-state index contributed by atoms with van der Waals surface area (Å²) >= 11 is 0. The van der Waals surface area contributed by atoms with Gasteiger partial charge in [-0.25, -0.2) is 4.39 Å². The van der Waals surface area contributed by atoms with Crippen LogP contribution in [-0.4, -0.2) is 51.1 Å². The van der Waals surface area contributed by atoms with E-state index in [0.29, 0.717) is 23.8 Å². The summed E-state index contributed by atoms with van der Waals surface area (Å²) in [6.45, 7) is 3.08. The largest absolute Gasteiger partial charge is 0.493 e. The lowest BCUT2D eigenvalue weighted by Gasteiger charge is -2.18. The fourth-order valence-electron chi connectivity index (χ4n) is 2.12. The van der Waals surface area contributed by atoms with Crippen molar-refractivity contribution in [2.24, 2.45) is 4.99 Å². The van der Waals surface area contributed by atoms with Crippen molar-refractivity contribution in [2.75, 3.05) is 40.3 Å². The van der Waals surface area contributed by atoms with Gasteiger partial charge in [0, 0.05) is 19.6 Å². The average Bonchev–Trinajstić information content (AvgIpc) is 2.44. The first-order valence-electron chi connectivity index (χ1n) is 7.03. The third kappa shape index (κ3) is 3.93. The number of hydrogen-bond donors (Lipinski definition) is 1. The molecule has 1 aromatic carbocycles. The van der Waals surface area contributed by atoms with Gasteiger partial charge in [-0.2, -0.15) is 0 Å². The molecule has 1 aromatic rings. The Balaban J connectivity index is 2.08. The van der Waals surface area contributed by atoms with E-state index in [9.17, 15) is 4.39 Å². The normalized spacial score (nSPS) is 14.9. The van der Waals surface area contributed by atoms with E-state index >= 15 is 0 Å². The third-order valence-electron chi connectivity index (χ3n) is 3.12. The van der Waals surface area contributed by atoms with Crippen molar-refractivity contribution in [2.45, 2.75) is 12.8 Å². The molecule has 0 aliphatic carbocycles. The molecule has 0 aromatic heterocycles. The fraction of sp³-hybridized carbons (Fsp3) is 0.533. The molecule has 0 unspecified atom stereocenters. The maximum absolute atomic E-state index is 14.1. The van der Waals surface area contributed by atoms with E-state index in [4.69, 9.17) is 4.74 Å². The molecule has 0 atom stereocenters. The van der Waals surface area contributed by atoms with Crippen molar-refractivity contribution in [1.82, 2.24) is 10.2 Å². The summed E-state index contributed by atoms with van der Waals surface area (Å²) in [5.74, 6) is 0.886.